The van der Waals surface area contributed by atoms with Crippen LogP contribution in [0.3, 0.4) is 0 Å². The predicted molar refractivity (Wildman–Crippen MR) is 119 cm³/mol. The van der Waals surface area contributed by atoms with Gasteiger partial charge in [-0.15, -0.1) is 0 Å². The molecule has 0 aromatic carbocycles. The number of ketones is 3. The second kappa shape index (κ2) is 6.67. The van der Waals surface area contributed by atoms with Gasteiger partial charge in [-0.1, -0.05) is 26.0 Å². The summed E-state index contributed by atoms with van der Waals surface area (Å²) in [5, 5.41) is 11.4. The van der Waals surface area contributed by atoms with Crippen molar-refractivity contribution in [2.24, 2.45) is 33.0 Å². The summed E-state index contributed by atoms with van der Waals surface area (Å²) in [6, 6.07) is 0. The highest BCUT2D eigenvalue weighted by Gasteiger charge is 2.84. The molecule has 0 bridgehead atoms. The van der Waals surface area contributed by atoms with Crippen molar-refractivity contribution in [3.8, 4) is 0 Å². The van der Waals surface area contributed by atoms with Gasteiger partial charge in [0.2, 0.25) is 5.78 Å². The van der Waals surface area contributed by atoms with Crippen molar-refractivity contribution in [1.29, 1.82) is 0 Å². The van der Waals surface area contributed by atoms with Gasteiger partial charge < -0.3 is 14.6 Å². The molecule has 1 N–H and O–H groups in total. The first-order valence-electron chi connectivity index (χ1n) is 11.6. The molecule has 4 aliphatic rings. The molecule has 1 saturated heterocycles. The molecule has 1 heterocycles. The molecule has 2 saturated carbocycles. The number of Topliss-reactive ketones (excluding diaryl/α,β-unsaturated/α-hetero) is 3. The Kier molecular flexibility index (Phi) is 4.78. The summed E-state index contributed by atoms with van der Waals surface area (Å²) in [5.74, 6) is -4.88. The third-order valence-electron chi connectivity index (χ3n) is 9.76. The molecule has 0 amide bonds. The number of fused-ring (bicyclic) bond motifs is 5. The number of aliphatic hydroxyl groups excluding tert-OH is 1. The number of ether oxygens (including phenoxy) is 2. The van der Waals surface area contributed by atoms with Gasteiger partial charge in [-0.25, -0.2) is 0 Å². The molecule has 184 valence electrons. The number of carbonyl (C=O) groups is 5. The molecule has 34 heavy (non-hydrogen) atoms. The second-order valence-corrected chi connectivity index (χ2v) is 11.4. The van der Waals surface area contributed by atoms with Crippen LogP contribution in [0.5, 0.6) is 0 Å². The monoisotopic (exact) mass is 472 g/mol. The third-order valence-corrected chi connectivity index (χ3v) is 9.76. The molecule has 4 rings (SSSR count). The lowest BCUT2D eigenvalue weighted by molar-refractivity contribution is -0.224. The lowest BCUT2D eigenvalue weighted by Crippen LogP contribution is -2.77. The molecule has 0 radical (unpaired) electrons. The Bertz CT molecular complexity index is 1130. The van der Waals surface area contributed by atoms with Crippen molar-refractivity contribution in [3.05, 3.63) is 23.5 Å². The number of esters is 2. The highest BCUT2D eigenvalue weighted by atomic mass is 16.6. The van der Waals surface area contributed by atoms with Crippen molar-refractivity contribution in [1.82, 2.24) is 0 Å². The van der Waals surface area contributed by atoms with Crippen LogP contribution in [-0.4, -0.2) is 47.6 Å². The van der Waals surface area contributed by atoms with Gasteiger partial charge in [0, 0.05) is 11.8 Å². The van der Waals surface area contributed by atoms with Crippen LogP contribution < -0.4 is 0 Å². The van der Waals surface area contributed by atoms with Gasteiger partial charge in [0.25, 0.3) is 0 Å². The van der Waals surface area contributed by atoms with Crippen LogP contribution in [0.1, 0.15) is 60.8 Å². The molecule has 0 aromatic rings. The zero-order valence-corrected chi connectivity index (χ0v) is 20.8. The van der Waals surface area contributed by atoms with Gasteiger partial charge in [-0.05, 0) is 57.4 Å². The van der Waals surface area contributed by atoms with Gasteiger partial charge in [-0.2, -0.15) is 0 Å². The summed E-state index contributed by atoms with van der Waals surface area (Å²) >= 11 is 0. The van der Waals surface area contributed by atoms with Gasteiger partial charge in [0.15, 0.2) is 23.1 Å². The number of methoxy groups -OCH3 is 1. The van der Waals surface area contributed by atoms with Gasteiger partial charge in [0.05, 0.1) is 12.5 Å². The molecule has 3 fully saturated rings. The maximum atomic E-state index is 14.2. The number of cyclic esters (lactones) is 1. The maximum absolute atomic E-state index is 14.2. The first kappa shape index (κ1) is 24.4. The van der Waals surface area contributed by atoms with E-state index in [1.807, 2.05) is 6.92 Å². The average molecular weight is 473 g/mol. The van der Waals surface area contributed by atoms with Crippen molar-refractivity contribution in [2.75, 3.05) is 7.11 Å². The minimum absolute atomic E-state index is 0.101. The third kappa shape index (κ3) is 2.19. The van der Waals surface area contributed by atoms with Crippen LogP contribution in [-0.2, 0) is 33.4 Å². The highest BCUT2D eigenvalue weighted by Crippen LogP contribution is 2.74. The molecule has 0 aromatic heterocycles. The second-order valence-electron chi connectivity index (χ2n) is 11.4. The van der Waals surface area contributed by atoms with E-state index in [9.17, 15) is 29.1 Å². The van der Waals surface area contributed by atoms with Crippen molar-refractivity contribution in [2.45, 2.75) is 66.9 Å². The lowest BCUT2D eigenvalue weighted by atomic mass is 9.32. The zero-order valence-electron chi connectivity index (χ0n) is 20.8. The summed E-state index contributed by atoms with van der Waals surface area (Å²) < 4.78 is 10.5. The van der Waals surface area contributed by atoms with Crippen LogP contribution in [0, 0.1) is 33.0 Å². The van der Waals surface area contributed by atoms with E-state index in [0.717, 1.165) is 7.11 Å². The summed E-state index contributed by atoms with van der Waals surface area (Å²) in [6.07, 6.45) is -0.646. The number of carbonyl (C=O) groups excluding carboxylic acids is 5. The summed E-state index contributed by atoms with van der Waals surface area (Å²) in [6.45, 7) is 13.6. The Morgan fingerprint density at radius 1 is 1.12 bits per heavy atom. The van der Waals surface area contributed by atoms with Gasteiger partial charge in [0.1, 0.15) is 11.2 Å². The highest BCUT2D eigenvalue weighted by molar-refractivity contribution is 6.20. The lowest BCUT2D eigenvalue weighted by Gasteiger charge is -2.67. The normalized spacial score (nSPS) is 43.6. The number of allylic oxidation sites excluding steroid dienone is 2. The first-order valence-corrected chi connectivity index (χ1v) is 11.6. The largest absolute Gasteiger partial charge is 0.504 e. The predicted octanol–water partition coefficient (Wildman–Crippen LogP) is 3.04. The Balaban J connectivity index is 2.18. The van der Waals surface area contributed by atoms with E-state index in [1.54, 1.807) is 13.8 Å². The van der Waals surface area contributed by atoms with Crippen LogP contribution in [0.25, 0.3) is 0 Å². The van der Waals surface area contributed by atoms with E-state index in [4.69, 9.17) is 9.47 Å². The molecule has 6 unspecified atom stereocenters. The Labute approximate surface area is 198 Å². The van der Waals surface area contributed by atoms with E-state index < -0.39 is 68.4 Å². The fraction of sp³-hybridized carbons (Fsp3) is 0.654. The topological polar surface area (TPSA) is 124 Å². The fourth-order valence-corrected chi connectivity index (χ4v) is 7.94. The number of hydrogen-bond acceptors (Lipinski definition) is 8. The molecule has 8 nitrogen and oxygen atoms in total. The van der Waals surface area contributed by atoms with Crippen LogP contribution in [0.15, 0.2) is 23.5 Å². The maximum Gasteiger partial charge on any atom is 0.322 e. The van der Waals surface area contributed by atoms with Gasteiger partial charge in [-0.3, -0.25) is 24.0 Å². The molecule has 1 aliphatic heterocycles. The number of rotatable bonds is 1. The summed E-state index contributed by atoms with van der Waals surface area (Å²) in [7, 11) is 1.10. The molecule has 3 aliphatic carbocycles. The number of aliphatic hydroxyl groups is 1. The number of hydrogen-bond donors (Lipinski definition) is 1. The average Bonchev–Trinajstić information content (AvgIpc) is 2.76. The summed E-state index contributed by atoms with van der Waals surface area (Å²) in [5.41, 5.74) is -7.45. The van der Waals surface area contributed by atoms with Crippen molar-refractivity contribution < 1.29 is 38.6 Å². The van der Waals surface area contributed by atoms with Crippen LogP contribution in [0.4, 0.5) is 0 Å². The smallest absolute Gasteiger partial charge is 0.322 e. The summed E-state index contributed by atoms with van der Waals surface area (Å²) in [4.78, 5) is 68.2. The molecule has 6 atom stereocenters. The Morgan fingerprint density at radius 2 is 1.71 bits per heavy atom. The molecule has 8 heteroatoms. The Hall–Kier alpha value is -2.77. The van der Waals surface area contributed by atoms with Crippen molar-refractivity contribution in [3.63, 3.8) is 0 Å². The zero-order chi connectivity index (χ0) is 25.8. The SMILES string of the molecule is C=C1CC2C3(C)CCC(=O)C(C)(C)C3=C(O)C(=O)C2(C)C2(C(=O)OC)C(=O)C(C)OC(=O)C12C. The van der Waals surface area contributed by atoms with Gasteiger partial charge >= 0.3 is 11.9 Å². The van der Waals surface area contributed by atoms with Crippen molar-refractivity contribution >= 4 is 29.3 Å². The fourth-order valence-electron chi connectivity index (χ4n) is 7.94. The van der Waals surface area contributed by atoms with E-state index in [2.05, 4.69) is 6.58 Å². The van der Waals surface area contributed by atoms with E-state index in [0.29, 0.717) is 12.0 Å². The first-order chi connectivity index (χ1) is 15.5. The van der Waals surface area contributed by atoms with Crippen LogP contribution in [0.2, 0.25) is 0 Å². The van der Waals surface area contributed by atoms with E-state index >= 15 is 0 Å². The standard InChI is InChI=1S/C26H32O8/c1-12-11-14-23(5)10-9-15(27)22(3,4)17(23)16(28)19(30)25(14,7)26(21(32)33-8)18(29)13(2)34-20(31)24(12,26)6/h13-14,28H,1,9-11H2,2-8H3. The minimum Gasteiger partial charge on any atom is -0.504 e. The minimum atomic E-state index is -2.30. The van der Waals surface area contributed by atoms with E-state index in [1.165, 1.54) is 20.8 Å². The Morgan fingerprint density at radius 3 is 2.26 bits per heavy atom. The quantitative estimate of drug-likeness (QED) is 0.351. The molecule has 0 spiro atoms. The molecular formula is C26H32O8. The van der Waals surface area contributed by atoms with Crippen LogP contribution >= 0.6 is 0 Å². The molecular weight excluding hydrogens is 440 g/mol. The van der Waals surface area contributed by atoms with E-state index in [-0.39, 0.29) is 24.2 Å².